The third kappa shape index (κ3) is 8.07. The maximum absolute atomic E-state index is 12.2. The smallest absolute Gasteiger partial charge is 0.305 e. The Kier molecular flexibility index (Phi) is 9.71. The molecule has 0 aromatic rings. The normalized spacial score (nSPS) is 18.0. The van der Waals surface area contributed by atoms with Crippen molar-refractivity contribution in [3.05, 3.63) is 12.4 Å². The van der Waals surface area contributed by atoms with Crippen LogP contribution in [0.15, 0.2) is 12.4 Å². The monoisotopic (exact) mass is 276 g/mol. The third-order valence-electron chi connectivity index (χ3n) is 2.86. The van der Waals surface area contributed by atoms with Crippen LogP contribution in [0.5, 0.6) is 0 Å². The maximum atomic E-state index is 12.2. The number of rotatable bonds is 11. The van der Waals surface area contributed by atoms with Gasteiger partial charge in [-0.25, -0.2) is 0 Å². The van der Waals surface area contributed by atoms with Gasteiger partial charge in [-0.1, -0.05) is 47.1 Å². The molecule has 0 aromatic carbocycles. The molecule has 0 bridgehead atoms. The zero-order chi connectivity index (χ0) is 14.0. The highest BCUT2D eigenvalue weighted by Crippen LogP contribution is 2.50. The Morgan fingerprint density at radius 2 is 1.44 bits per heavy atom. The molecule has 0 fully saturated rings. The first kappa shape index (κ1) is 17.9. The van der Waals surface area contributed by atoms with Crippen LogP contribution >= 0.6 is 7.60 Å². The second kappa shape index (κ2) is 9.77. The molecular formula is C14H29O3P. The first-order valence-electron chi connectivity index (χ1n) is 6.99. The van der Waals surface area contributed by atoms with E-state index in [2.05, 4.69) is 34.3 Å². The molecule has 0 N–H and O–H groups in total. The number of hydrogen-bond donors (Lipinski definition) is 0. The third-order valence-corrected chi connectivity index (χ3v) is 4.33. The summed E-state index contributed by atoms with van der Waals surface area (Å²) in [6.45, 7) is 13.0. The Morgan fingerprint density at radius 3 is 1.72 bits per heavy atom. The molecule has 0 saturated heterocycles. The van der Waals surface area contributed by atoms with Gasteiger partial charge in [0.15, 0.2) is 0 Å². The van der Waals surface area contributed by atoms with Gasteiger partial charge in [0.2, 0.25) is 0 Å². The van der Waals surface area contributed by atoms with Crippen LogP contribution in [0.3, 0.4) is 0 Å². The van der Waals surface area contributed by atoms with E-state index in [0.29, 0.717) is 25.0 Å². The van der Waals surface area contributed by atoms with Crippen LogP contribution < -0.4 is 0 Å². The molecule has 0 aliphatic carbocycles. The molecule has 2 unspecified atom stereocenters. The van der Waals surface area contributed by atoms with Crippen molar-refractivity contribution in [1.29, 1.82) is 0 Å². The van der Waals surface area contributed by atoms with Gasteiger partial charge in [-0.15, -0.1) is 0 Å². The van der Waals surface area contributed by atoms with E-state index in [-0.39, 0.29) is 0 Å². The molecule has 108 valence electrons. The van der Waals surface area contributed by atoms with E-state index in [9.17, 15) is 4.57 Å². The molecule has 18 heavy (non-hydrogen) atoms. The highest BCUT2D eigenvalue weighted by atomic mass is 31.2. The van der Waals surface area contributed by atoms with Gasteiger partial charge < -0.3 is 9.05 Å². The van der Waals surface area contributed by atoms with Gasteiger partial charge in [0.25, 0.3) is 0 Å². The van der Waals surface area contributed by atoms with Crippen molar-refractivity contribution in [3.63, 3.8) is 0 Å². The Bertz CT molecular complexity index is 246. The second-order valence-electron chi connectivity index (χ2n) is 5.10. The van der Waals surface area contributed by atoms with Crippen LogP contribution in [0, 0.1) is 11.8 Å². The molecule has 3 nitrogen and oxygen atoms in total. The lowest BCUT2D eigenvalue weighted by Crippen LogP contribution is -2.08. The minimum absolute atomic E-state index is 0.403. The van der Waals surface area contributed by atoms with Crippen molar-refractivity contribution in [2.75, 3.05) is 13.2 Å². The van der Waals surface area contributed by atoms with E-state index in [1.54, 1.807) is 0 Å². The van der Waals surface area contributed by atoms with E-state index >= 15 is 0 Å². The zero-order valence-corrected chi connectivity index (χ0v) is 13.2. The average molecular weight is 276 g/mol. The summed E-state index contributed by atoms with van der Waals surface area (Å²) in [6.07, 6.45) is 4.36. The van der Waals surface area contributed by atoms with E-state index in [1.165, 1.54) is 5.82 Å². The van der Waals surface area contributed by atoms with Crippen LogP contribution in [0.2, 0.25) is 0 Å². The van der Waals surface area contributed by atoms with Crippen molar-refractivity contribution in [3.8, 4) is 0 Å². The Hall–Kier alpha value is -0.110. The Morgan fingerprint density at radius 1 is 1.06 bits per heavy atom. The van der Waals surface area contributed by atoms with E-state index in [1.807, 2.05) is 0 Å². The van der Waals surface area contributed by atoms with E-state index in [4.69, 9.17) is 9.05 Å². The molecule has 2 atom stereocenters. The fraction of sp³-hybridized carbons (Fsp3) is 0.857. The van der Waals surface area contributed by atoms with Gasteiger partial charge in [-0.05, 0) is 24.7 Å². The molecule has 0 rings (SSSR count). The first-order valence-corrected chi connectivity index (χ1v) is 8.61. The molecule has 0 saturated carbocycles. The zero-order valence-electron chi connectivity index (χ0n) is 12.4. The van der Waals surface area contributed by atoms with Gasteiger partial charge in [0, 0.05) is 5.82 Å². The first-order chi connectivity index (χ1) is 8.47. The second-order valence-corrected chi connectivity index (χ2v) is 7.06. The fourth-order valence-corrected chi connectivity index (χ4v) is 2.97. The minimum Gasteiger partial charge on any atom is -0.305 e. The van der Waals surface area contributed by atoms with Crippen LogP contribution in [-0.4, -0.2) is 13.2 Å². The lowest BCUT2D eigenvalue weighted by Gasteiger charge is -2.19. The lowest BCUT2D eigenvalue weighted by atomic mass is 10.1. The molecule has 0 radical (unpaired) electrons. The summed E-state index contributed by atoms with van der Waals surface area (Å²) >= 11 is 0. The topological polar surface area (TPSA) is 35.5 Å². The predicted octanol–water partition coefficient (Wildman–Crippen LogP) is 5.23. The summed E-state index contributed by atoms with van der Waals surface area (Å²) in [7, 11) is -3.09. The Labute approximate surface area is 112 Å². The standard InChI is InChI=1S/C14H29O3P/c1-6-9-13(4)11-16-18(15,8-3)17-12-14(5)10-7-2/h8,13-14H,3,6-7,9-12H2,1-2,4-5H3. The van der Waals surface area contributed by atoms with Crippen LogP contribution in [0.1, 0.15) is 53.4 Å². The minimum atomic E-state index is -3.09. The summed E-state index contributed by atoms with van der Waals surface area (Å²) in [6, 6.07) is 0. The molecule has 0 spiro atoms. The summed E-state index contributed by atoms with van der Waals surface area (Å²) in [5.41, 5.74) is 0. The summed E-state index contributed by atoms with van der Waals surface area (Å²) in [4.78, 5) is 0. The van der Waals surface area contributed by atoms with Gasteiger partial charge >= 0.3 is 7.60 Å². The van der Waals surface area contributed by atoms with Crippen molar-refractivity contribution in [2.45, 2.75) is 53.4 Å². The van der Waals surface area contributed by atoms with Crippen molar-refractivity contribution >= 4 is 7.60 Å². The van der Waals surface area contributed by atoms with Gasteiger partial charge in [-0.2, -0.15) is 0 Å². The lowest BCUT2D eigenvalue weighted by molar-refractivity contribution is 0.168. The highest BCUT2D eigenvalue weighted by Gasteiger charge is 2.22. The van der Waals surface area contributed by atoms with Crippen LogP contribution in [-0.2, 0) is 13.6 Å². The molecule has 4 heteroatoms. The average Bonchev–Trinajstić information content (AvgIpc) is 2.35. The van der Waals surface area contributed by atoms with Gasteiger partial charge in [0.05, 0.1) is 13.2 Å². The van der Waals surface area contributed by atoms with Crippen molar-refractivity contribution in [2.24, 2.45) is 11.8 Å². The summed E-state index contributed by atoms with van der Waals surface area (Å²) in [5.74, 6) is 2.13. The maximum Gasteiger partial charge on any atom is 0.353 e. The summed E-state index contributed by atoms with van der Waals surface area (Å²) in [5, 5.41) is 0. The number of hydrogen-bond acceptors (Lipinski definition) is 3. The molecule has 0 aromatic heterocycles. The van der Waals surface area contributed by atoms with Crippen molar-refractivity contribution in [1.82, 2.24) is 0 Å². The molecule has 0 aliphatic heterocycles. The molecule has 0 amide bonds. The van der Waals surface area contributed by atoms with Gasteiger partial charge in [0.1, 0.15) is 0 Å². The van der Waals surface area contributed by atoms with E-state index in [0.717, 1.165) is 25.7 Å². The summed E-state index contributed by atoms with van der Waals surface area (Å²) < 4.78 is 23.1. The fourth-order valence-electron chi connectivity index (χ4n) is 1.76. The molecule has 0 heterocycles. The Balaban J connectivity index is 4.10. The van der Waals surface area contributed by atoms with Crippen LogP contribution in [0.4, 0.5) is 0 Å². The van der Waals surface area contributed by atoms with Crippen molar-refractivity contribution < 1.29 is 13.6 Å². The van der Waals surface area contributed by atoms with Crippen LogP contribution in [0.25, 0.3) is 0 Å². The molecule has 0 aliphatic rings. The van der Waals surface area contributed by atoms with E-state index < -0.39 is 7.60 Å². The predicted molar refractivity (Wildman–Crippen MR) is 77.9 cm³/mol. The van der Waals surface area contributed by atoms with Gasteiger partial charge in [-0.3, -0.25) is 4.57 Å². The largest absolute Gasteiger partial charge is 0.353 e. The molecular weight excluding hydrogens is 247 g/mol. The SMILES string of the molecule is C=CP(=O)(OCC(C)CCC)OCC(C)CCC. The quantitative estimate of drug-likeness (QED) is 0.485. The highest BCUT2D eigenvalue weighted by molar-refractivity contribution is 7.57.